The van der Waals surface area contributed by atoms with E-state index in [2.05, 4.69) is 15.5 Å². The lowest BCUT2D eigenvalue weighted by atomic mass is 10.0. The van der Waals surface area contributed by atoms with Gasteiger partial charge in [0.2, 0.25) is 5.91 Å². The summed E-state index contributed by atoms with van der Waals surface area (Å²) in [4.78, 5) is 14.4. The molecule has 4 heteroatoms. The van der Waals surface area contributed by atoms with Crippen molar-refractivity contribution in [3.05, 3.63) is 0 Å². The van der Waals surface area contributed by atoms with E-state index in [1.807, 2.05) is 20.8 Å². The number of hydrogen-bond donors (Lipinski definition) is 2. The van der Waals surface area contributed by atoms with E-state index in [0.717, 1.165) is 19.6 Å². The molecule has 0 saturated carbocycles. The Morgan fingerprint density at radius 3 is 2.33 bits per heavy atom. The van der Waals surface area contributed by atoms with Crippen molar-refractivity contribution in [2.45, 2.75) is 52.0 Å². The lowest BCUT2D eigenvalue weighted by Gasteiger charge is -2.26. The monoisotopic (exact) mass is 255 g/mol. The smallest absolute Gasteiger partial charge is 0.239 e. The molecule has 0 aromatic heterocycles. The molecule has 1 amide bonds. The van der Waals surface area contributed by atoms with Crippen LogP contribution in [0.25, 0.3) is 0 Å². The van der Waals surface area contributed by atoms with E-state index in [-0.39, 0.29) is 5.91 Å². The number of nitrogens with one attached hydrogen (secondary N) is 2. The Labute approximate surface area is 111 Å². The van der Waals surface area contributed by atoms with E-state index < -0.39 is 5.54 Å². The van der Waals surface area contributed by atoms with Gasteiger partial charge in [-0.2, -0.15) is 0 Å². The number of rotatable bonds is 6. The SMILES string of the molecule is CCNC(C)(C)C(=O)NCCN1CCCCCC1. The first-order valence-electron chi connectivity index (χ1n) is 7.32. The molecule has 106 valence electrons. The molecular weight excluding hydrogens is 226 g/mol. The zero-order valence-corrected chi connectivity index (χ0v) is 12.2. The van der Waals surface area contributed by atoms with Gasteiger partial charge < -0.3 is 15.5 Å². The van der Waals surface area contributed by atoms with Crippen LogP contribution < -0.4 is 10.6 Å². The fraction of sp³-hybridized carbons (Fsp3) is 0.929. The molecule has 1 rings (SSSR count). The van der Waals surface area contributed by atoms with Gasteiger partial charge in [0.1, 0.15) is 0 Å². The predicted octanol–water partition coefficient (Wildman–Crippen LogP) is 1.37. The standard InChI is InChI=1S/C14H29N3O/c1-4-16-14(2,3)13(18)15-9-12-17-10-7-5-6-8-11-17/h16H,4-12H2,1-3H3,(H,15,18). The van der Waals surface area contributed by atoms with E-state index in [4.69, 9.17) is 0 Å². The highest BCUT2D eigenvalue weighted by Gasteiger charge is 2.25. The van der Waals surface area contributed by atoms with Crippen molar-refractivity contribution in [2.75, 3.05) is 32.7 Å². The average molecular weight is 255 g/mol. The molecule has 1 aliphatic heterocycles. The second-order valence-electron chi connectivity index (χ2n) is 5.67. The van der Waals surface area contributed by atoms with Crippen molar-refractivity contribution in [3.63, 3.8) is 0 Å². The summed E-state index contributed by atoms with van der Waals surface area (Å²) in [5.74, 6) is 0.0965. The number of carbonyl (C=O) groups is 1. The van der Waals surface area contributed by atoms with Gasteiger partial charge in [-0.25, -0.2) is 0 Å². The molecule has 0 spiro atoms. The van der Waals surface area contributed by atoms with Crippen LogP contribution in [0.2, 0.25) is 0 Å². The Hall–Kier alpha value is -0.610. The minimum atomic E-state index is -0.465. The number of carbonyl (C=O) groups excluding carboxylic acids is 1. The van der Waals surface area contributed by atoms with E-state index in [9.17, 15) is 4.79 Å². The van der Waals surface area contributed by atoms with Crippen LogP contribution >= 0.6 is 0 Å². The summed E-state index contributed by atoms with van der Waals surface area (Å²) in [5.41, 5.74) is -0.465. The molecule has 0 radical (unpaired) electrons. The Bertz CT molecular complexity index is 245. The number of nitrogens with zero attached hydrogens (tertiary/aromatic N) is 1. The first kappa shape index (κ1) is 15.4. The maximum Gasteiger partial charge on any atom is 0.239 e. The summed E-state index contributed by atoms with van der Waals surface area (Å²) in [6, 6.07) is 0. The molecule has 0 aliphatic carbocycles. The second kappa shape index (κ2) is 7.74. The number of hydrogen-bond acceptors (Lipinski definition) is 3. The maximum absolute atomic E-state index is 12.0. The van der Waals surface area contributed by atoms with Crippen LogP contribution in [0, 0.1) is 0 Å². The Balaban J connectivity index is 2.21. The molecule has 0 aromatic rings. The average Bonchev–Trinajstić information content (AvgIpc) is 2.57. The van der Waals surface area contributed by atoms with Gasteiger partial charge in [-0.15, -0.1) is 0 Å². The molecule has 2 N–H and O–H groups in total. The van der Waals surface area contributed by atoms with Crippen molar-refractivity contribution in [1.29, 1.82) is 0 Å². The van der Waals surface area contributed by atoms with E-state index >= 15 is 0 Å². The van der Waals surface area contributed by atoms with E-state index in [1.54, 1.807) is 0 Å². The van der Waals surface area contributed by atoms with Gasteiger partial charge in [0.15, 0.2) is 0 Å². The molecule has 1 aliphatic rings. The third-order valence-corrected chi connectivity index (χ3v) is 3.60. The minimum Gasteiger partial charge on any atom is -0.353 e. The van der Waals surface area contributed by atoms with Gasteiger partial charge in [-0.05, 0) is 46.3 Å². The zero-order valence-electron chi connectivity index (χ0n) is 12.2. The highest BCUT2D eigenvalue weighted by molar-refractivity contribution is 5.85. The fourth-order valence-corrected chi connectivity index (χ4v) is 2.43. The van der Waals surface area contributed by atoms with Gasteiger partial charge in [0, 0.05) is 13.1 Å². The summed E-state index contributed by atoms with van der Waals surface area (Å²) >= 11 is 0. The van der Waals surface area contributed by atoms with Crippen molar-refractivity contribution >= 4 is 5.91 Å². The lowest BCUT2D eigenvalue weighted by Crippen LogP contribution is -2.53. The van der Waals surface area contributed by atoms with E-state index in [0.29, 0.717) is 0 Å². The fourth-order valence-electron chi connectivity index (χ4n) is 2.43. The van der Waals surface area contributed by atoms with Crippen LogP contribution in [-0.2, 0) is 4.79 Å². The number of likely N-dealkylation sites (tertiary alicyclic amines) is 1. The topological polar surface area (TPSA) is 44.4 Å². The molecule has 0 aromatic carbocycles. The summed E-state index contributed by atoms with van der Waals surface area (Å²) in [7, 11) is 0. The summed E-state index contributed by atoms with van der Waals surface area (Å²) < 4.78 is 0. The van der Waals surface area contributed by atoms with Crippen LogP contribution in [0.1, 0.15) is 46.5 Å². The molecule has 0 atom stereocenters. The largest absolute Gasteiger partial charge is 0.353 e. The highest BCUT2D eigenvalue weighted by Crippen LogP contribution is 2.08. The molecule has 0 bridgehead atoms. The predicted molar refractivity (Wildman–Crippen MR) is 75.7 cm³/mol. The van der Waals surface area contributed by atoms with Crippen LogP contribution in [0.5, 0.6) is 0 Å². The van der Waals surface area contributed by atoms with Crippen LogP contribution in [-0.4, -0.2) is 49.1 Å². The Kier molecular flexibility index (Phi) is 6.65. The zero-order chi connectivity index (χ0) is 13.4. The van der Waals surface area contributed by atoms with Crippen molar-refractivity contribution < 1.29 is 4.79 Å². The minimum absolute atomic E-state index is 0.0965. The quantitative estimate of drug-likeness (QED) is 0.753. The van der Waals surface area contributed by atoms with Crippen LogP contribution in [0.3, 0.4) is 0 Å². The molecule has 1 heterocycles. The maximum atomic E-state index is 12.0. The van der Waals surface area contributed by atoms with Gasteiger partial charge >= 0.3 is 0 Å². The first-order valence-corrected chi connectivity index (χ1v) is 7.32. The molecule has 1 fully saturated rings. The summed E-state index contributed by atoms with van der Waals surface area (Å²) in [5, 5.41) is 6.23. The Morgan fingerprint density at radius 1 is 1.17 bits per heavy atom. The second-order valence-corrected chi connectivity index (χ2v) is 5.67. The summed E-state index contributed by atoms with van der Waals surface area (Å²) in [6.45, 7) is 10.8. The molecule has 18 heavy (non-hydrogen) atoms. The lowest BCUT2D eigenvalue weighted by molar-refractivity contribution is -0.126. The first-order chi connectivity index (χ1) is 8.56. The molecule has 0 unspecified atom stereocenters. The van der Waals surface area contributed by atoms with Gasteiger partial charge in [-0.1, -0.05) is 19.8 Å². The number of amides is 1. The third kappa shape index (κ3) is 5.36. The molecular formula is C14H29N3O. The Morgan fingerprint density at radius 2 is 1.78 bits per heavy atom. The summed E-state index contributed by atoms with van der Waals surface area (Å²) in [6.07, 6.45) is 5.32. The van der Waals surface area contributed by atoms with Gasteiger partial charge in [0.05, 0.1) is 5.54 Å². The highest BCUT2D eigenvalue weighted by atomic mass is 16.2. The van der Waals surface area contributed by atoms with Crippen molar-refractivity contribution in [1.82, 2.24) is 15.5 Å². The third-order valence-electron chi connectivity index (χ3n) is 3.60. The van der Waals surface area contributed by atoms with Crippen molar-refractivity contribution in [3.8, 4) is 0 Å². The number of likely N-dealkylation sites (N-methyl/N-ethyl adjacent to an activating group) is 1. The van der Waals surface area contributed by atoms with E-state index in [1.165, 1.54) is 38.8 Å². The molecule has 1 saturated heterocycles. The van der Waals surface area contributed by atoms with Gasteiger partial charge in [-0.3, -0.25) is 4.79 Å². The van der Waals surface area contributed by atoms with Crippen molar-refractivity contribution in [2.24, 2.45) is 0 Å². The van der Waals surface area contributed by atoms with Crippen LogP contribution in [0.4, 0.5) is 0 Å². The van der Waals surface area contributed by atoms with Crippen LogP contribution in [0.15, 0.2) is 0 Å². The normalized spacial score (nSPS) is 18.4. The van der Waals surface area contributed by atoms with Gasteiger partial charge in [0.25, 0.3) is 0 Å². The molecule has 4 nitrogen and oxygen atoms in total.